The van der Waals surface area contributed by atoms with Gasteiger partial charge in [0, 0.05) is 6.92 Å². The second-order valence-corrected chi connectivity index (χ2v) is 7.01. The summed E-state index contributed by atoms with van der Waals surface area (Å²) < 4.78 is 0. The van der Waals surface area contributed by atoms with E-state index in [-0.39, 0.29) is 11.5 Å². The Kier molecular flexibility index (Phi) is 4.08. The molecule has 6 nitrogen and oxygen atoms in total. The maximum atomic E-state index is 13.2. The molecular weight excluding hydrogens is 366 g/mol. The number of imide groups is 1. The van der Waals surface area contributed by atoms with Crippen molar-refractivity contribution >= 4 is 46.3 Å². The van der Waals surface area contributed by atoms with E-state index in [4.69, 9.17) is 11.6 Å². The van der Waals surface area contributed by atoms with E-state index in [9.17, 15) is 14.4 Å². The Bertz CT molecular complexity index is 1000. The van der Waals surface area contributed by atoms with Gasteiger partial charge in [-0.05, 0) is 31.2 Å². The molecule has 2 heterocycles. The maximum Gasteiger partial charge on any atom is 0.259 e. The van der Waals surface area contributed by atoms with Gasteiger partial charge in [0.2, 0.25) is 5.91 Å². The van der Waals surface area contributed by atoms with Crippen LogP contribution in [0.1, 0.15) is 12.5 Å². The van der Waals surface area contributed by atoms with Crippen LogP contribution in [-0.4, -0.2) is 29.4 Å². The summed E-state index contributed by atoms with van der Waals surface area (Å²) >= 11 is 6.20. The molecule has 2 aromatic carbocycles. The van der Waals surface area contributed by atoms with Gasteiger partial charge in [0.15, 0.2) is 5.78 Å². The molecule has 2 aliphatic heterocycles. The second-order valence-electron chi connectivity index (χ2n) is 6.61. The first-order valence-corrected chi connectivity index (χ1v) is 8.85. The minimum absolute atomic E-state index is 0.0912. The Morgan fingerprint density at radius 2 is 1.70 bits per heavy atom. The number of carbonyl (C=O) groups excluding carboxylic acids is 3. The Balaban J connectivity index is 1.82. The normalized spacial score (nSPS) is 21.5. The number of anilines is 2. The van der Waals surface area contributed by atoms with E-state index in [0.717, 1.165) is 10.5 Å². The summed E-state index contributed by atoms with van der Waals surface area (Å²) in [5.41, 5.74) is 2.11. The van der Waals surface area contributed by atoms with E-state index >= 15 is 0 Å². The average molecular weight is 382 g/mol. The quantitative estimate of drug-likeness (QED) is 0.766. The zero-order valence-corrected chi connectivity index (χ0v) is 15.5. The molecule has 136 valence electrons. The highest BCUT2D eigenvalue weighted by Gasteiger charge is 2.58. The van der Waals surface area contributed by atoms with Crippen molar-refractivity contribution in [3.05, 3.63) is 59.1 Å². The van der Waals surface area contributed by atoms with E-state index in [1.165, 1.54) is 11.9 Å². The first-order valence-electron chi connectivity index (χ1n) is 8.48. The summed E-state index contributed by atoms with van der Waals surface area (Å²) in [6.07, 6.45) is 0. The summed E-state index contributed by atoms with van der Waals surface area (Å²) in [6.45, 7) is 3.30. The standard InChI is InChI=1S/C20H16ClN3O3/c1-11-7-9-13(10-8-11)24-18-16(17(22-24)12(2)25)19(26)23(20(18)27)15-6-4-3-5-14(15)21/h3-10,16,18H,1-2H3/t16-,18+/m1/s1. The summed E-state index contributed by atoms with van der Waals surface area (Å²) in [7, 11) is 0. The number of para-hydroxylation sites is 1. The number of ketones is 1. The molecule has 1 fully saturated rings. The van der Waals surface area contributed by atoms with Gasteiger partial charge in [-0.3, -0.25) is 19.4 Å². The molecule has 0 N–H and O–H groups in total. The van der Waals surface area contributed by atoms with Gasteiger partial charge in [-0.25, -0.2) is 4.90 Å². The van der Waals surface area contributed by atoms with Crippen LogP contribution in [0.2, 0.25) is 5.02 Å². The number of hydrazone groups is 1. The lowest BCUT2D eigenvalue weighted by Crippen LogP contribution is -2.39. The van der Waals surface area contributed by atoms with E-state index < -0.39 is 23.8 Å². The van der Waals surface area contributed by atoms with Crippen molar-refractivity contribution in [2.75, 3.05) is 9.91 Å². The molecule has 7 heteroatoms. The van der Waals surface area contributed by atoms with Gasteiger partial charge in [-0.2, -0.15) is 5.10 Å². The zero-order valence-electron chi connectivity index (χ0n) is 14.7. The van der Waals surface area contributed by atoms with Crippen molar-refractivity contribution in [1.82, 2.24) is 0 Å². The zero-order chi connectivity index (χ0) is 19.3. The van der Waals surface area contributed by atoms with Gasteiger partial charge in [0.05, 0.1) is 16.4 Å². The van der Waals surface area contributed by atoms with Crippen LogP contribution in [0.15, 0.2) is 53.6 Å². The van der Waals surface area contributed by atoms with Crippen molar-refractivity contribution in [1.29, 1.82) is 0 Å². The Labute approximate surface area is 161 Å². The number of hydrogen-bond donors (Lipinski definition) is 0. The second kappa shape index (κ2) is 6.32. The molecule has 0 saturated carbocycles. The van der Waals surface area contributed by atoms with Crippen LogP contribution in [0, 0.1) is 12.8 Å². The molecule has 2 aliphatic rings. The topological polar surface area (TPSA) is 70.1 Å². The lowest BCUT2D eigenvalue weighted by atomic mass is 9.95. The minimum Gasteiger partial charge on any atom is -0.293 e. The number of amides is 2. The van der Waals surface area contributed by atoms with Crippen LogP contribution in [-0.2, 0) is 14.4 Å². The molecule has 0 aliphatic carbocycles. The number of fused-ring (bicyclic) bond motifs is 1. The van der Waals surface area contributed by atoms with Crippen molar-refractivity contribution in [2.24, 2.45) is 11.0 Å². The number of rotatable bonds is 3. The summed E-state index contributed by atoms with van der Waals surface area (Å²) in [4.78, 5) is 39.5. The summed E-state index contributed by atoms with van der Waals surface area (Å²) in [5.74, 6) is -2.20. The largest absolute Gasteiger partial charge is 0.293 e. The molecule has 27 heavy (non-hydrogen) atoms. The maximum absolute atomic E-state index is 13.2. The highest BCUT2D eigenvalue weighted by molar-refractivity contribution is 6.49. The fraction of sp³-hybridized carbons (Fsp3) is 0.200. The molecule has 0 radical (unpaired) electrons. The molecule has 1 saturated heterocycles. The Morgan fingerprint density at radius 3 is 2.33 bits per heavy atom. The Hall–Kier alpha value is -2.99. The van der Waals surface area contributed by atoms with Crippen LogP contribution in [0.25, 0.3) is 0 Å². The van der Waals surface area contributed by atoms with Crippen molar-refractivity contribution in [3.8, 4) is 0 Å². The molecule has 2 atom stereocenters. The van der Waals surface area contributed by atoms with E-state index in [0.29, 0.717) is 16.4 Å². The van der Waals surface area contributed by atoms with Crippen LogP contribution in [0.3, 0.4) is 0 Å². The predicted octanol–water partition coefficient (Wildman–Crippen LogP) is 2.97. The molecule has 0 bridgehead atoms. The van der Waals surface area contributed by atoms with Crippen LogP contribution in [0.5, 0.6) is 0 Å². The number of Topliss-reactive ketones (excluding diaryl/α,β-unsaturated/α-hetero) is 1. The molecule has 4 rings (SSSR count). The van der Waals surface area contributed by atoms with Gasteiger partial charge in [-0.1, -0.05) is 41.4 Å². The molecule has 0 spiro atoms. The third-order valence-electron chi connectivity index (χ3n) is 4.80. The first kappa shape index (κ1) is 17.4. The van der Waals surface area contributed by atoms with Gasteiger partial charge in [0.25, 0.3) is 5.91 Å². The highest BCUT2D eigenvalue weighted by Crippen LogP contribution is 2.39. The smallest absolute Gasteiger partial charge is 0.259 e. The van der Waals surface area contributed by atoms with E-state index in [2.05, 4.69) is 5.10 Å². The van der Waals surface area contributed by atoms with Gasteiger partial charge >= 0.3 is 0 Å². The van der Waals surface area contributed by atoms with Gasteiger partial charge < -0.3 is 0 Å². The Morgan fingerprint density at radius 1 is 1.04 bits per heavy atom. The number of aryl methyl sites for hydroxylation is 1. The fourth-order valence-corrected chi connectivity index (χ4v) is 3.71. The van der Waals surface area contributed by atoms with Crippen molar-refractivity contribution in [3.63, 3.8) is 0 Å². The third kappa shape index (κ3) is 2.64. The monoisotopic (exact) mass is 381 g/mol. The van der Waals surface area contributed by atoms with Crippen LogP contribution < -0.4 is 9.91 Å². The number of nitrogens with zero attached hydrogens (tertiary/aromatic N) is 3. The van der Waals surface area contributed by atoms with Crippen molar-refractivity contribution < 1.29 is 14.4 Å². The molecular formula is C20H16ClN3O3. The SMILES string of the molecule is CC(=O)C1=NN(c2ccc(C)cc2)[C@@H]2C(=O)N(c3ccccc3Cl)C(=O)[C@H]12. The molecule has 2 aromatic rings. The first-order chi connectivity index (χ1) is 12.9. The highest BCUT2D eigenvalue weighted by atomic mass is 35.5. The third-order valence-corrected chi connectivity index (χ3v) is 5.12. The van der Waals surface area contributed by atoms with Gasteiger partial charge in [0.1, 0.15) is 17.7 Å². The van der Waals surface area contributed by atoms with Gasteiger partial charge in [-0.15, -0.1) is 0 Å². The average Bonchev–Trinajstić information content (AvgIpc) is 3.15. The molecule has 0 aromatic heterocycles. The summed E-state index contributed by atoms with van der Waals surface area (Å²) in [6, 6.07) is 13.2. The number of carbonyl (C=O) groups is 3. The molecule has 2 amide bonds. The number of hydrogen-bond acceptors (Lipinski definition) is 5. The van der Waals surface area contributed by atoms with E-state index in [1.54, 1.807) is 24.3 Å². The van der Waals surface area contributed by atoms with E-state index in [1.807, 2.05) is 31.2 Å². The predicted molar refractivity (Wildman–Crippen MR) is 103 cm³/mol. The fourth-order valence-electron chi connectivity index (χ4n) is 3.49. The lowest BCUT2D eigenvalue weighted by molar-refractivity contribution is -0.122. The van der Waals surface area contributed by atoms with Crippen LogP contribution in [0.4, 0.5) is 11.4 Å². The minimum atomic E-state index is -0.937. The summed E-state index contributed by atoms with van der Waals surface area (Å²) in [5, 5.41) is 6.09. The number of benzene rings is 2. The lowest BCUT2D eigenvalue weighted by Gasteiger charge is -2.22. The molecule has 0 unspecified atom stereocenters. The van der Waals surface area contributed by atoms with Crippen LogP contribution >= 0.6 is 11.6 Å². The van der Waals surface area contributed by atoms with Crippen molar-refractivity contribution in [2.45, 2.75) is 19.9 Å². The number of halogens is 1.